The van der Waals surface area contributed by atoms with Gasteiger partial charge in [0.2, 0.25) is 0 Å². The minimum absolute atomic E-state index is 0.00212. The maximum Gasteiger partial charge on any atom is 0.254 e. The minimum Gasteiger partial charge on any atom is -0.337 e. The van der Waals surface area contributed by atoms with Gasteiger partial charge in [-0.05, 0) is 52.9 Å². The van der Waals surface area contributed by atoms with Crippen molar-refractivity contribution in [3.8, 4) is 0 Å². The maximum absolute atomic E-state index is 13.5. The zero-order valence-corrected chi connectivity index (χ0v) is 13.6. The highest BCUT2D eigenvalue weighted by Gasteiger charge is 2.43. The molecule has 1 unspecified atom stereocenters. The van der Waals surface area contributed by atoms with E-state index < -0.39 is 5.54 Å². The lowest BCUT2D eigenvalue weighted by Gasteiger charge is -2.33. The van der Waals surface area contributed by atoms with Crippen LogP contribution in [-0.2, 0) is 12.0 Å². The van der Waals surface area contributed by atoms with Gasteiger partial charge in [0.15, 0.2) is 5.82 Å². The van der Waals surface area contributed by atoms with Crippen molar-refractivity contribution in [1.82, 2.24) is 30.3 Å². The van der Waals surface area contributed by atoms with E-state index in [1.54, 1.807) is 17.1 Å². The molecule has 0 spiro atoms. The molecule has 128 valence electrons. The summed E-state index contributed by atoms with van der Waals surface area (Å²) in [6, 6.07) is 4.88. The van der Waals surface area contributed by atoms with Crippen LogP contribution < -0.4 is 0 Å². The Morgan fingerprint density at radius 1 is 1.20 bits per heavy atom. The van der Waals surface area contributed by atoms with Crippen LogP contribution in [-0.4, -0.2) is 30.3 Å². The summed E-state index contributed by atoms with van der Waals surface area (Å²) in [4.78, 5) is 4.70. The highest BCUT2D eigenvalue weighted by molar-refractivity contribution is 5.44. The molecule has 2 aliphatic carbocycles. The van der Waals surface area contributed by atoms with Crippen molar-refractivity contribution >= 4 is 0 Å². The Morgan fingerprint density at radius 3 is 2.88 bits per heavy atom. The summed E-state index contributed by atoms with van der Waals surface area (Å²) in [7, 11) is 0. The number of aromatic nitrogens is 6. The zero-order valence-electron chi connectivity index (χ0n) is 13.6. The number of hydrogen-bond acceptors (Lipinski definition) is 6. The first-order valence-electron chi connectivity index (χ1n) is 8.62. The van der Waals surface area contributed by atoms with Crippen LogP contribution in [0.3, 0.4) is 0 Å². The van der Waals surface area contributed by atoms with Gasteiger partial charge < -0.3 is 4.52 Å². The van der Waals surface area contributed by atoms with E-state index in [2.05, 4.69) is 20.7 Å². The van der Waals surface area contributed by atoms with Crippen LogP contribution in [0.5, 0.6) is 0 Å². The monoisotopic (exact) mass is 340 g/mol. The number of nitrogens with zero attached hydrogens (tertiary/aromatic N) is 6. The number of tetrazole rings is 1. The summed E-state index contributed by atoms with van der Waals surface area (Å²) >= 11 is 0. The third-order valence-corrected chi connectivity index (χ3v) is 5.53. The van der Waals surface area contributed by atoms with Crippen molar-refractivity contribution in [3.63, 3.8) is 0 Å². The lowest BCUT2D eigenvalue weighted by Crippen LogP contribution is -2.38. The molecule has 2 heterocycles. The summed E-state index contributed by atoms with van der Waals surface area (Å²) in [5.41, 5.74) is 1.62. The maximum atomic E-state index is 13.5. The summed E-state index contributed by atoms with van der Waals surface area (Å²) in [6.07, 6.45) is 7.48. The van der Waals surface area contributed by atoms with Gasteiger partial charge in [-0.1, -0.05) is 30.5 Å². The molecule has 0 N–H and O–H groups in total. The lowest BCUT2D eigenvalue weighted by molar-refractivity contribution is 0.161. The second-order valence-corrected chi connectivity index (χ2v) is 6.90. The van der Waals surface area contributed by atoms with Gasteiger partial charge in [-0.2, -0.15) is 4.98 Å². The largest absolute Gasteiger partial charge is 0.337 e. The fourth-order valence-corrected chi connectivity index (χ4v) is 4.11. The number of rotatable bonds is 3. The number of benzene rings is 1. The number of hydrogen-bond donors (Lipinski definition) is 0. The van der Waals surface area contributed by atoms with Crippen LogP contribution in [0.1, 0.15) is 60.9 Å². The van der Waals surface area contributed by atoms with Crippen LogP contribution in [0.2, 0.25) is 0 Å². The molecule has 1 aromatic carbocycles. The van der Waals surface area contributed by atoms with Crippen LogP contribution in [0.25, 0.3) is 0 Å². The molecule has 0 saturated heterocycles. The Kier molecular flexibility index (Phi) is 3.19. The van der Waals surface area contributed by atoms with Crippen molar-refractivity contribution in [2.45, 2.75) is 50.0 Å². The highest BCUT2D eigenvalue weighted by atomic mass is 19.1. The van der Waals surface area contributed by atoms with E-state index >= 15 is 0 Å². The predicted molar refractivity (Wildman–Crippen MR) is 84.2 cm³/mol. The van der Waals surface area contributed by atoms with Gasteiger partial charge in [-0.3, -0.25) is 0 Å². The van der Waals surface area contributed by atoms with Gasteiger partial charge in [0.1, 0.15) is 17.7 Å². The first kappa shape index (κ1) is 14.7. The number of fused-ring (bicyclic) bond motifs is 1. The first-order chi connectivity index (χ1) is 12.3. The van der Waals surface area contributed by atoms with E-state index in [1.165, 1.54) is 12.5 Å². The molecule has 8 heteroatoms. The van der Waals surface area contributed by atoms with Gasteiger partial charge in [0.05, 0.1) is 5.92 Å². The van der Waals surface area contributed by atoms with Crippen molar-refractivity contribution in [1.29, 1.82) is 0 Å². The quantitative estimate of drug-likeness (QED) is 0.729. The average molecular weight is 340 g/mol. The van der Waals surface area contributed by atoms with E-state index in [-0.39, 0.29) is 11.7 Å². The molecule has 1 atom stereocenters. The predicted octanol–water partition coefficient (Wildman–Crippen LogP) is 2.59. The second kappa shape index (κ2) is 5.44. The Balaban J connectivity index is 1.51. The molecule has 7 nitrogen and oxygen atoms in total. The van der Waals surface area contributed by atoms with E-state index in [4.69, 9.17) is 9.51 Å². The Labute approximate surface area is 143 Å². The Bertz CT molecular complexity index is 900. The van der Waals surface area contributed by atoms with Gasteiger partial charge >= 0.3 is 0 Å². The topological polar surface area (TPSA) is 82.5 Å². The smallest absolute Gasteiger partial charge is 0.254 e. The zero-order chi connectivity index (χ0) is 16.9. The molecule has 0 radical (unpaired) electrons. The van der Waals surface area contributed by atoms with Crippen molar-refractivity contribution in [2.24, 2.45) is 0 Å². The lowest BCUT2D eigenvalue weighted by atomic mass is 9.77. The van der Waals surface area contributed by atoms with E-state index in [0.29, 0.717) is 11.7 Å². The van der Waals surface area contributed by atoms with Crippen LogP contribution in [0.15, 0.2) is 29.0 Å². The van der Waals surface area contributed by atoms with E-state index in [0.717, 1.165) is 43.2 Å². The minimum atomic E-state index is -0.471. The molecular weight excluding hydrogens is 323 g/mol. The fraction of sp³-hybridized carbons (Fsp3) is 0.471. The summed E-state index contributed by atoms with van der Waals surface area (Å²) in [5.74, 6) is 0.938. The van der Waals surface area contributed by atoms with Gasteiger partial charge in [0, 0.05) is 0 Å². The highest BCUT2D eigenvalue weighted by Crippen LogP contribution is 2.42. The van der Waals surface area contributed by atoms with Crippen LogP contribution in [0.4, 0.5) is 4.39 Å². The van der Waals surface area contributed by atoms with E-state index in [1.807, 2.05) is 6.07 Å². The molecular formula is C17H17FN6O. The normalized spacial score (nSPS) is 21.6. The molecule has 2 aliphatic rings. The third-order valence-electron chi connectivity index (χ3n) is 5.53. The van der Waals surface area contributed by atoms with Gasteiger partial charge in [0.25, 0.3) is 5.89 Å². The Morgan fingerprint density at radius 2 is 2.08 bits per heavy atom. The molecule has 1 fully saturated rings. The molecule has 5 rings (SSSR count). The summed E-state index contributed by atoms with van der Waals surface area (Å²) in [6.45, 7) is 0. The molecule has 1 saturated carbocycles. The van der Waals surface area contributed by atoms with E-state index in [9.17, 15) is 4.39 Å². The molecule has 0 amide bonds. The van der Waals surface area contributed by atoms with Crippen LogP contribution >= 0.6 is 0 Å². The standard InChI is InChI=1S/C17H17FN6O/c18-12-5-4-11-8-14(13(11)9-12)15-20-16(25-21-15)17(6-2-1-3-7-17)24-10-19-22-23-24/h4-5,9-10,14H,1-3,6-8H2. The Hall–Kier alpha value is -2.64. The number of halogens is 1. The second-order valence-electron chi connectivity index (χ2n) is 6.90. The molecule has 25 heavy (non-hydrogen) atoms. The molecule has 2 aromatic heterocycles. The summed E-state index contributed by atoms with van der Waals surface area (Å²) in [5, 5.41) is 15.9. The average Bonchev–Trinajstić information content (AvgIpc) is 3.31. The van der Waals surface area contributed by atoms with Crippen molar-refractivity contribution in [2.75, 3.05) is 0 Å². The summed E-state index contributed by atoms with van der Waals surface area (Å²) < 4.78 is 20.9. The molecule has 3 aromatic rings. The third kappa shape index (κ3) is 2.20. The molecule has 0 bridgehead atoms. The molecule has 0 aliphatic heterocycles. The van der Waals surface area contributed by atoms with Crippen LogP contribution in [0, 0.1) is 5.82 Å². The SMILES string of the molecule is Fc1ccc2c(c1)C(c1noc(C3(n4cnnn4)CCCCC3)n1)C2. The fourth-order valence-electron chi connectivity index (χ4n) is 4.11. The van der Waals surface area contributed by atoms with Gasteiger partial charge in [-0.25, -0.2) is 9.07 Å². The van der Waals surface area contributed by atoms with Gasteiger partial charge in [-0.15, -0.1) is 5.10 Å². The van der Waals surface area contributed by atoms with Crippen molar-refractivity contribution < 1.29 is 8.91 Å². The van der Waals surface area contributed by atoms with Crippen molar-refractivity contribution in [3.05, 3.63) is 53.2 Å². The first-order valence-corrected chi connectivity index (χ1v) is 8.62.